The largest absolute Gasteiger partial charge is 0.494 e. The van der Waals surface area contributed by atoms with Gasteiger partial charge in [-0.3, -0.25) is 19.9 Å². The average molecular weight is 598 g/mol. The highest BCUT2D eigenvalue weighted by Gasteiger charge is 2.22. The molecule has 9 nitrogen and oxygen atoms in total. The normalized spacial score (nSPS) is 13.2. The zero-order valence-corrected chi connectivity index (χ0v) is 28.1. The standard InChI is InChI=1S/C23H32N4O2.C9H16N2.H3NS/c1-14-8-9-17(11-20(14)27(25)13-16(3)24)22(28)26-19-12-18(23(4,5)6)10-15(2)21(19)29-7;1-9(2,3)8-10-6-5-7-11(8)4;1-2/h8-13H,24-25H2,1-7H3,(H,26,28);5,7H,6H2,1-4H3;2H,1H2/b16-13-;;. The van der Waals surface area contributed by atoms with Crippen LogP contribution in [0, 0.1) is 19.3 Å². The number of methoxy groups -OCH3 is 1. The SMILES string of the molecule is CN1C=CCN=C1C(C)(C)C.COc1c(C)cc(C(C)(C)C)cc1NC(=O)c1ccc(C)c(N(N)/C=C(/C)N)c1.NS. The second-order valence-corrected chi connectivity index (χ2v) is 12.3. The molecule has 7 N–H and O–H groups in total. The number of amidine groups is 1. The van der Waals surface area contributed by atoms with Gasteiger partial charge in [-0.15, -0.1) is 12.8 Å². The van der Waals surface area contributed by atoms with Crippen molar-refractivity contribution in [2.24, 2.45) is 27.1 Å². The number of rotatable bonds is 5. The third kappa shape index (κ3) is 10.4. The van der Waals surface area contributed by atoms with E-state index in [1.165, 1.54) is 10.8 Å². The molecular formula is C32H51N7O2S. The van der Waals surface area contributed by atoms with E-state index in [0.29, 0.717) is 28.4 Å². The number of nitrogens with one attached hydrogen (secondary N) is 1. The van der Waals surface area contributed by atoms with E-state index >= 15 is 0 Å². The highest BCUT2D eigenvalue weighted by Crippen LogP contribution is 2.35. The van der Waals surface area contributed by atoms with Gasteiger partial charge in [0.25, 0.3) is 5.91 Å². The van der Waals surface area contributed by atoms with Crippen molar-refractivity contribution in [3.63, 3.8) is 0 Å². The third-order valence-corrected chi connectivity index (χ3v) is 6.37. The van der Waals surface area contributed by atoms with Crippen LogP contribution in [0.15, 0.2) is 59.5 Å². The zero-order chi connectivity index (χ0) is 32.4. The second kappa shape index (κ2) is 15.7. The Hall–Kier alpha value is -3.47. The lowest BCUT2D eigenvalue weighted by molar-refractivity contribution is 0.102. The van der Waals surface area contributed by atoms with E-state index in [9.17, 15) is 4.79 Å². The first-order valence-electron chi connectivity index (χ1n) is 13.7. The lowest BCUT2D eigenvalue weighted by atomic mass is 9.85. The second-order valence-electron chi connectivity index (χ2n) is 12.3. The highest BCUT2D eigenvalue weighted by atomic mass is 32.1. The first-order valence-corrected chi connectivity index (χ1v) is 14.3. The van der Waals surface area contributed by atoms with Crippen LogP contribution >= 0.6 is 12.8 Å². The highest BCUT2D eigenvalue weighted by molar-refractivity contribution is 7.77. The number of aliphatic imine (C=N–C) groups is 1. The number of hydrazine groups is 1. The molecule has 0 aromatic heterocycles. The van der Waals surface area contributed by atoms with Crippen molar-refractivity contribution in [1.29, 1.82) is 0 Å². The molecule has 3 rings (SSSR count). The number of amides is 1. The van der Waals surface area contributed by atoms with Crippen molar-refractivity contribution in [2.45, 2.75) is 67.7 Å². The molecule has 0 bridgehead atoms. The van der Waals surface area contributed by atoms with Crippen LogP contribution in [0.1, 0.15) is 75.5 Å². The summed E-state index contributed by atoms with van der Waals surface area (Å²) in [6.45, 7) is 19.4. The van der Waals surface area contributed by atoms with Crippen LogP contribution in [0.4, 0.5) is 11.4 Å². The van der Waals surface area contributed by atoms with Crippen molar-refractivity contribution < 1.29 is 9.53 Å². The average Bonchev–Trinajstić information content (AvgIpc) is 2.89. The van der Waals surface area contributed by atoms with E-state index in [-0.39, 0.29) is 16.7 Å². The molecule has 1 aliphatic heterocycles. The van der Waals surface area contributed by atoms with Crippen molar-refractivity contribution >= 4 is 35.9 Å². The Bertz CT molecular complexity index is 1300. The molecule has 2 aromatic carbocycles. The summed E-state index contributed by atoms with van der Waals surface area (Å²) in [5.41, 5.74) is 11.3. The van der Waals surface area contributed by atoms with E-state index in [2.05, 4.69) is 93.0 Å². The summed E-state index contributed by atoms with van der Waals surface area (Å²) in [6, 6.07) is 9.43. The predicted octanol–water partition coefficient (Wildman–Crippen LogP) is 6.04. The lowest BCUT2D eigenvalue weighted by Crippen LogP contribution is -2.35. The van der Waals surface area contributed by atoms with Crippen LogP contribution in [0.5, 0.6) is 5.75 Å². The number of carbonyl (C=O) groups excluding carboxylic acids is 1. The van der Waals surface area contributed by atoms with Crippen molar-refractivity contribution in [2.75, 3.05) is 31.0 Å². The Morgan fingerprint density at radius 3 is 2.17 bits per heavy atom. The summed E-state index contributed by atoms with van der Waals surface area (Å²) in [7, 11) is 3.65. The number of thiol groups is 1. The van der Waals surface area contributed by atoms with Crippen LogP contribution in [-0.2, 0) is 5.41 Å². The quantitative estimate of drug-likeness (QED) is 0.161. The summed E-state index contributed by atoms with van der Waals surface area (Å²) >= 11 is 3.03. The number of aryl methyl sites for hydroxylation is 2. The molecule has 0 spiro atoms. The van der Waals surface area contributed by atoms with Gasteiger partial charge in [-0.25, -0.2) is 5.84 Å². The Balaban J connectivity index is 0.000000564. The molecule has 0 fully saturated rings. The fourth-order valence-corrected chi connectivity index (χ4v) is 4.38. The fraction of sp³-hybridized carbons (Fsp3) is 0.438. The topological polar surface area (TPSA) is 135 Å². The Kier molecular flexibility index (Phi) is 13.6. The number of nitrogens with zero attached hydrogens (tertiary/aromatic N) is 3. The van der Waals surface area contributed by atoms with Gasteiger partial charge in [0, 0.05) is 36.1 Å². The Labute approximate surface area is 258 Å². The molecule has 0 saturated carbocycles. The smallest absolute Gasteiger partial charge is 0.255 e. The molecule has 1 aliphatic rings. The first-order chi connectivity index (χ1) is 19.4. The van der Waals surface area contributed by atoms with E-state index in [4.69, 9.17) is 16.3 Å². The maximum absolute atomic E-state index is 13.0. The molecule has 10 heteroatoms. The van der Waals surface area contributed by atoms with Gasteiger partial charge in [0.15, 0.2) is 0 Å². The minimum Gasteiger partial charge on any atom is -0.494 e. The van der Waals surface area contributed by atoms with Gasteiger partial charge in [-0.05, 0) is 67.2 Å². The summed E-state index contributed by atoms with van der Waals surface area (Å²) in [4.78, 5) is 19.5. The number of carbonyl (C=O) groups is 1. The number of benzene rings is 2. The van der Waals surface area contributed by atoms with Gasteiger partial charge in [-0.2, -0.15) is 0 Å². The van der Waals surface area contributed by atoms with Crippen LogP contribution in [0.3, 0.4) is 0 Å². The minimum atomic E-state index is -0.239. The van der Waals surface area contributed by atoms with Crippen LogP contribution in [0.25, 0.3) is 0 Å². The van der Waals surface area contributed by atoms with E-state index in [1.54, 1.807) is 32.4 Å². The Morgan fingerprint density at radius 1 is 1.07 bits per heavy atom. The first kappa shape index (κ1) is 36.6. The molecule has 1 heterocycles. The molecule has 0 aliphatic carbocycles. The summed E-state index contributed by atoms with van der Waals surface area (Å²) in [5.74, 6) is 7.66. The summed E-state index contributed by atoms with van der Waals surface area (Å²) in [5, 5.41) is 8.61. The summed E-state index contributed by atoms with van der Waals surface area (Å²) in [6.07, 6.45) is 5.76. The third-order valence-electron chi connectivity index (χ3n) is 6.37. The molecule has 2 aromatic rings. The van der Waals surface area contributed by atoms with E-state index < -0.39 is 0 Å². The van der Waals surface area contributed by atoms with Gasteiger partial charge in [0.2, 0.25) is 0 Å². The van der Waals surface area contributed by atoms with Gasteiger partial charge >= 0.3 is 0 Å². The lowest BCUT2D eigenvalue weighted by Gasteiger charge is -2.30. The van der Waals surface area contributed by atoms with Gasteiger partial charge in [0.1, 0.15) is 11.6 Å². The number of allylic oxidation sites excluding steroid dienone is 1. The van der Waals surface area contributed by atoms with Crippen LogP contribution in [-0.4, -0.2) is 37.3 Å². The van der Waals surface area contributed by atoms with Gasteiger partial charge < -0.3 is 20.7 Å². The molecule has 0 saturated heterocycles. The van der Waals surface area contributed by atoms with Gasteiger partial charge in [-0.1, -0.05) is 53.7 Å². The zero-order valence-electron chi connectivity index (χ0n) is 27.2. The molecule has 0 radical (unpaired) electrons. The number of nitrogens with two attached hydrogens (primary N) is 3. The fourth-order valence-electron chi connectivity index (χ4n) is 4.38. The molecule has 0 atom stereocenters. The minimum absolute atomic E-state index is 0.0555. The molecule has 42 heavy (non-hydrogen) atoms. The maximum Gasteiger partial charge on any atom is 0.255 e. The monoisotopic (exact) mass is 597 g/mol. The number of anilines is 2. The maximum atomic E-state index is 13.0. The van der Waals surface area contributed by atoms with E-state index in [0.717, 1.165) is 23.2 Å². The van der Waals surface area contributed by atoms with Gasteiger partial charge in [0.05, 0.1) is 25.0 Å². The van der Waals surface area contributed by atoms with Crippen LogP contribution < -0.4 is 31.8 Å². The van der Waals surface area contributed by atoms with Crippen molar-refractivity contribution in [3.05, 3.63) is 76.8 Å². The number of hydrogen-bond donors (Lipinski definition) is 5. The van der Waals surface area contributed by atoms with E-state index in [1.807, 2.05) is 33.0 Å². The predicted molar refractivity (Wildman–Crippen MR) is 182 cm³/mol. The molecular weight excluding hydrogens is 546 g/mol. The molecule has 0 unspecified atom stereocenters. The number of ether oxygens (including phenoxy) is 1. The van der Waals surface area contributed by atoms with Crippen molar-refractivity contribution in [3.8, 4) is 5.75 Å². The molecule has 1 amide bonds. The molecule has 232 valence electrons. The van der Waals surface area contributed by atoms with Crippen molar-refractivity contribution in [1.82, 2.24) is 4.90 Å². The Morgan fingerprint density at radius 2 is 1.69 bits per heavy atom. The number of hydrogen-bond acceptors (Lipinski definition) is 9. The summed E-state index contributed by atoms with van der Waals surface area (Å²) < 4.78 is 5.54. The van der Waals surface area contributed by atoms with Crippen LogP contribution in [0.2, 0.25) is 0 Å².